The Hall–Kier alpha value is -2.66. The highest BCUT2D eigenvalue weighted by atomic mass is 14.8. The summed E-state index contributed by atoms with van der Waals surface area (Å²) in [5.74, 6) is 2.99. The fraction of sp³-hybridized carbons (Fsp3) is 0.529. The molecule has 36 heavy (non-hydrogen) atoms. The largest absolute Gasteiger partial charge is 0.348 e. The minimum absolute atomic E-state index is 0.883. The minimum Gasteiger partial charge on any atom is -0.348 e. The molecule has 0 aliphatic rings. The summed E-state index contributed by atoms with van der Waals surface area (Å²) in [5.41, 5.74) is 18.4. The molecule has 2 aromatic carbocycles. The minimum atomic E-state index is 0.883. The van der Waals surface area contributed by atoms with E-state index in [0.717, 1.165) is 56.9 Å². The van der Waals surface area contributed by atoms with E-state index in [1.807, 2.05) is 0 Å². The van der Waals surface area contributed by atoms with Crippen LogP contribution < -0.4 is 0 Å². The first kappa shape index (κ1) is 29.6. The second-order valence-electron chi connectivity index (χ2n) is 10.0. The highest BCUT2D eigenvalue weighted by Crippen LogP contribution is 2.35. The van der Waals surface area contributed by atoms with Gasteiger partial charge in [-0.2, -0.15) is 0 Å². The first-order valence-corrected chi connectivity index (χ1v) is 14.6. The maximum absolute atomic E-state index is 9.50. The Bertz CT molecular complexity index is 1030. The molecule has 2 rings (SSSR count). The first-order valence-electron chi connectivity index (χ1n) is 14.6. The Morgan fingerprint density at radius 1 is 0.694 bits per heavy atom. The predicted molar refractivity (Wildman–Crippen MR) is 157 cm³/mol. The first-order chi connectivity index (χ1) is 17.7. The smallest absolute Gasteiger partial charge is 0.303 e. The molecule has 0 aliphatic carbocycles. The summed E-state index contributed by atoms with van der Waals surface area (Å²) in [7, 11) is 0. The second kappa shape index (κ2) is 17.7. The van der Waals surface area contributed by atoms with Gasteiger partial charge in [0.25, 0.3) is 0 Å². The van der Waals surface area contributed by atoms with Crippen molar-refractivity contribution < 1.29 is 4.79 Å². The number of allylic oxidation sites excluding steroid dienone is 2. The van der Waals surface area contributed by atoms with Crippen LogP contribution >= 0.6 is 0 Å². The Morgan fingerprint density at radius 2 is 1.28 bits per heavy atom. The molecule has 2 nitrogen and oxygen atoms in total. The number of hydrogen-bond acceptors (Lipinski definition) is 0. The number of unbranched alkanes of at least 4 members (excludes halogenated alkanes) is 7. The van der Waals surface area contributed by atoms with Gasteiger partial charge in [0, 0.05) is 0 Å². The Labute approximate surface area is 221 Å². The van der Waals surface area contributed by atoms with Crippen LogP contribution in [0.3, 0.4) is 0 Å². The number of hydrogen-bond donors (Lipinski definition) is 0. The molecule has 0 saturated carbocycles. The molecule has 0 amide bonds. The maximum atomic E-state index is 9.50. The van der Waals surface area contributed by atoms with E-state index in [1.54, 1.807) is 0 Å². The van der Waals surface area contributed by atoms with Gasteiger partial charge in [-0.1, -0.05) is 121 Å². The van der Waals surface area contributed by atoms with Crippen molar-refractivity contribution in [3.8, 4) is 0 Å². The van der Waals surface area contributed by atoms with Gasteiger partial charge in [0.05, 0.1) is 5.57 Å². The molecule has 0 spiro atoms. The Kier molecular flexibility index (Phi) is 14.6. The lowest BCUT2D eigenvalue weighted by molar-refractivity contribution is 0.00739. The molecule has 0 fully saturated rings. The van der Waals surface area contributed by atoms with Crippen molar-refractivity contribution in [1.29, 1.82) is 0 Å². The van der Waals surface area contributed by atoms with Crippen molar-refractivity contribution in [2.24, 2.45) is 0 Å². The summed E-state index contributed by atoms with van der Waals surface area (Å²) < 4.78 is 0. The molecule has 0 atom stereocenters. The van der Waals surface area contributed by atoms with Gasteiger partial charge in [0.1, 0.15) is 0 Å². The van der Waals surface area contributed by atoms with E-state index >= 15 is 0 Å². The maximum Gasteiger partial charge on any atom is 0.303 e. The average Bonchev–Trinajstić information content (AvgIpc) is 2.91. The van der Waals surface area contributed by atoms with Crippen LogP contribution in [0, 0.1) is 0 Å². The molecule has 0 aliphatic heterocycles. The molecular formula is C34H48N2. The van der Waals surface area contributed by atoms with Gasteiger partial charge >= 0.3 is 5.87 Å². The van der Waals surface area contributed by atoms with E-state index in [4.69, 9.17) is 0 Å². The van der Waals surface area contributed by atoms with Crippen molar-refractivity contribution in [2.45, 2.75) is 118 Å². The zero-order chi connectivity index (χ0) is 26.0. The van der Waals surface area contributed by atoms with Crippen molar-refractivity contribution in [3.63, 3.8) is 0 Å². The lowest BCUT2D eigenvalue weighted by Crippen LogP contribution is -2.02. The fourth-order valence-electron chi connectivity index (χ4n) is 4.92. The third-order valence-corrected chi connectivity index (χ3v) is 7.07. The molecule has 0 heterocycles. The van der Waals surface area contributed by atoms with Crippen molar-refractivity contribution in [1.82, 2.24) is 0 Å². The number of rotatable bonds is 17. The van der Waals surface area contributed by atoms with Gasteiger partial charge in [-0.3, -0.25) is 0 Å². The number of benzene rings is 2. The lowest BCUT2D eigenvalue weighted by Gasteiger charge is -2.18. The summed E-state index contributed by atoms with van der Waals surface area (Å²) in [6.45, 7) is 8.94. The SMILES string of the molecule is CCCCCCCCc1cccc(C(=C(CCCC)C(=C=[N+]=[N-])CCCC)c2cccc(CC)c2)c1. The summed E-state index contributed by atoms with van der Waals surface area (Å²) in [5, 5.41) is 0. The van der Waals surface area contributed by atoms with Gasteiger partial charge in [0.15, 0.2) is 0 Å². The van der Waals surface area contributed by atoms with Crippen LogP contribution in [0.4, 0.5) is 0 Å². The molecule has 0 saturated heterocycles. The van der Waals surface area contributed by atoms with E-state index in [0.29, 0.717) is 0 Å². The van der Waals surface area contributed by atoms with Crippen LogP contribution in [0.5, 0.6) is 0 Å². The number of nitrogens with zero attached hydrogens (tertiary/aromatic N) is 2. The Morgan fingerprint density at radius 3 is 1.92 bits per heavy atom. The molecule has 0 radical (unpaired) electrons. The molecule has 194 valence electrons. The van der Waals surface area contributed by atoms with Crippen LogP contribution in [0.15, 0.2) is 59.7 Å². The van der Waals surface area contributed by atoms with Gasteiger partial charge in [-0.05, 0) is 78.3 Å². The molecule has 0 N–H and O–H groups in total. The average molecular weight is 485 g/mol. The predicted octanol–water partition coefficient (Wildman–Crippen LogP) is 10.2. The molecule has 0 bridgehead atoms. The van der Waals surface area contributed by atoms with Gasteiger partial charge < -0.3 is 5.53 Å². The van der Waals surface area contributed by atoms with Gasteiger partial charge in [-0.15, -0.1) is 4.79 Å². The zero-order valence-electron chi connectivity index (χ0n) is 23.4. The van der Waals surface area contributed by atoms with E-state index < -0.39 is 0 Å². The van der Waals surface area contributed by atoms with Crippen LogP contribution in [0.2, 0.25) is 0 Å². The molecular weight excluding hydrogens is 436 g/mol. The van der Waals surface area contributed by atoms with E-state index in [2.05, 4.69) is 86.9 Å². The summed E-state index contributed by atoms with van der Waals surface area (Å²) in [6.07, 6.45) is 16.3. The molecule has 2 aromatic rings. The second-order valence-corrected chi connectivity index (χ2v) is 10.0. The normalized spacial score (nSPS) is 11.6. The van der Waals surface area contributed by atoms with Crippen molar-refractivity contribution >= 4 is 11.4 Å². The zero-order valence-corrected chi connectivity index (χ0v) is 23.4. The third-order valence-electron chi connectivity index (χ3n) is 7.07. The highest BCUT2D eigenvalue weighted by Gasteiger charge is 2.18. The molecule has 2 heteroatoms. The van der Waals surface area contributed by atoms with Crippen LogP contribution in [-0.4, -0.2) is 10.7 Å². The van der Waals surface area contributed by atoms with Crippen LogP contribution in [0.25, 0.3) is 11.1 Å². The van der Waals surface area contributed by atoms with Crippen LogP contribution in [-0.2, 0) is 12.8 Å². The lowest BCUT2D eigenvalue weighted by atomic mass is 9.84. The standard InChI is InChI=1S/C34H48N2/c1-5-9-12-13-14-15-18-29-20-17-23-31(26-29)34(30-22-16-19-28(8-4)25-30)33(24-11-7-3)32(27-36-35)21-10-6-2/h16-17,19-20,22-23,25-26H,5-15,18,21,24H2,1-4H3. The summed E-state index contributed by atoms with van der Waals surface area (Å²) in [6, 6.07) is 18.1. The number of aryl methyl sites for hydroxylation is 2. The summed E-state index contributed by atoms with van der Waals surface area (Å²) in [4.78, 5) is 3.39. The van der Waals surface area contributed by atoms with Crippen LogP contribution in [0.1, 0.15) is 127 Å². The topological polar surface area (TPSA) is 36.4 Å². The highest BCUT2D eigenvalue weighted by molar-refractivity contribution is 5.87. The molecule has 0 unspecified atom stereocenters. The Balaban J connectivity index is 2.58. The van der Waals surface area contributed by atoms with Gasteiger partial charge in [-0.25, -0.2) is 0 Å². The quantitative estimate of drug-likeness (QED) is 0.0704. The van der Waals surface area contributed by atoms with E-state index in [-0.39, 0.29) is 0 Å². The van der Waals surface area contributed by atoms with Crippen molar-refractivity contribution in [2.75, 3.05) is 0 Å². The fourth-order valence-corrected chi connectivity index (χ4v) is 4.92. The van der Waals surface area contributed by atoms with Crippen molar-refractivity contribution in [3.05, 3.63) is 87.5 Å². The van der Waals surface area contributed by atoms with E-state index in [1.165, 1.54) is 71.9 Å². The van der Waals surface area contributed by atoms with Gasteiger partial charge in [0.2, 0.25) is 0 Å². The van der Waals surface area contributed by atoms with E-state index in [9.17, 15) is 5.53 Å². The summed E-state index contributed by atoms with van der Waals surface area (Å²) >= 11 is 0. The third kappa shape index (κ3) is 9.77. The molecule has 0 aromatic heterocycles. The monoisotopic (exact) mass is 484 g/mol.